The number of benzene rings is 2. The number of fused-ring (bicyclic) bond motifs is 1. The number of nitrogens with zero attached hydrogens (tertiary/aromatic N) is 4. The minimum Gasteiger partial charge on any atom is -0.395 e. The van der Waals surface area contributed by atoms with E-state index in [0.29, 0.717) is 21.8 Å². The molecule has 0 saturated carbocycles. The van der Waals surface area contributed by atoms with Crippen LogP contribution in [0.3, 0.4) is 0 Å². The third-order valence-electron chi connectivity index (χ3n) is 5.95. The summed E-state index contributed by atoms with van der Waals surface area (Å²) >= 11 is 1.26. The number of aliphatic hydroxyl groups excluding tert-OH is 1. The smallest absolute Gasteiger partial charge is 0.240 e. The monoisotopic (exact) mass is 535 g/mol. The molecule has 2 aliphatic heterocycles. The van der Waals surface area contributed by atoms with E-state index in [9.17, 15) is 21.9 Å². The molecule has 0 bridgehead atoms. The van der Waals surface area contributed by atoms with Crippen molar-refractivity contribution in [1.29, 1.82) is 0 Å². The lowest BCUT2D eigenvalue weighted by atomic mass is 9.98. The highest BCUT2D eigenvalue weighted by Gasteiger charge is 2.40. The molecule has 2 atom stereocenters. The molecule has 0 aliphatic carbocycles. The summed E-state index contributed by atoms with van der Waals surface area (Å²) in [5, 5.41) is 25.1. The number of primary sulfonamides is 1. The quantitative estimate of drug-likeness (QED) is 0.355. The first kappa shape index (κ1) is 23.9. The summed E-state index contributed by atoms with van der Waals surface area (Å²) in [6.07, 6.45) is 0.123. The minimum absolute atomic E-state index is 0.0333. The van der Waals surface area contributed by atoms with Gasteiger partial charge >= 0.3 is 0 Å². The SMILES string of the molecule is Nc1nc2c(-c3ccc(S(=O)(=O)[C@@H]4CN[C@H](CO)C4)c(S(N)(=O)=O)c3C3=NCN=N3)cccc2s1. The number of nitrogens with two attached hydrogens (primary N) is 2. The third-order valence-corrected chi connectivity index (χ3v) is 10.1. The molecule has 3 aromatic rings. The van der Waals surface area contributed by atoms with Gasteiger partial charge in [-0.05, 0) is 24.1 Å². The zero-order valence-electron chi connectivity index (χ0n) is 18.1. The van der Waals surface area contributed by atoms with Crippen LogP contribution in [0.2, 0.25) is 0 Å². The maximum atomic E-state index is 13.6. The Kier molecular flexibility index (Phi) is 5.93. The number of aromatic nitrogens is 1. The molecule has 0 unspecified atom stereocenters. The molecule has 1 aromatic heterocycles. The van der Waals surface area contributed by atoms with Crippen molar-refractivity contribution in [3.05, 3.63) is 35.9 Å². The van der Waals surface area contributed by atoms with Gasteiger partial charge in [0.25, 0.3) is 0 Å². The van der Waals surface area contributed by atoms with Gasteiger partial charge in [-0.15, -0.1) is 5.11 Å². The first-order chi connectivity index (χ1) is 16.6. The second-order valence-corrected chi connectivity index (χ2v) is 12.9. The third kappa shape index (κ3) is 4.13. The van der Waals surface area contributed by atoms with Crippen LogP contribution in [0.25, 0.3) is 21.3 Å². The van der Waals surface area contributed by atoms with Crippen molar-refractivity contribution in [1.82, 2.24) is 10.3 Å². The zero-order valence-corrected chi connectivity index (χ0v) is 20.6. The molecule has 2 aliphatic rings. The first-order valence-electron chi connectivity index (χ1n) is 10.5. The number of hydrogen-bond acceptors (Lipinski definition) is 12. The molecule has 2 aromatic carbocycles. The Bertz CT molecular complexity index is 1610. The van der Waals surface area contributed by atoms with E-state index in [4.69, 9.17) is 10.9 Å². The summed E-state index contributed by atoms with van der Waals surface area (Å²) in [7, 11) is -8.76. The van der Waals surface area contributed by atoms with Crippen molar-refractivity contribution in [3.8, 4) is 11.1 Å². The molecule has 15 heteroatoms. The van der Waals surface area contributed by atoms with Crippen LogP contribution in [0.5, 0.6) is 0 Å². The number of azo groups is 1. The summed E-state index contributed by atoms with van der Waals surface area (Å²) in [4.78, 5) is 7.51. The van der Waals surface area contributed by atoms with Crippen molar-refractivity contribution in [2.24, 2.45) is 20.4 Å². The van der Waals surface area contributed by atoms with Crippen molar-refractivity contribution in [2.75, 3.05) is 25.6 Å². The van der Waals surface area contributed by atoms with Crippen LogP contribution in [0.15, 0.2) is 55.3 Å². The highest BCUT2D eigenvalue weighted by atomic mass is 32.2. The number of hydrogen-bond donors (Lipinski definition) is 4. The van der Waals surface area contributed by atoms with Gasteiger partial charge in [0.05, 0.1) is 32.5 Å². The summed E-state index contributed by atoms with van der Waals surface area (Å²) in [6.45, 7) is -0.211. The molecular weight excluding hydrogens is 514 g/mol. The average Bonchev–Trinajstić information content (AvgIpc) is 3.57. The Morgan fingerprint density at radius 2 is 1.94 bits per heavy atom. The van der Waals surface area contributed by atoms with Crippen LogP contribution < -0.4 is 16.2 Å². The topological polar surface area (TPSA) is 203 Å². The Hall–Kier alpha value is -2.82. The van der Waals surface area contributed by atoms with Crippen molar-refractivity contribution < 1.29 is 21.9 Å². The van der Waals surface area contributed by atoms with E-state index in [1.54, 1.807) is 12.1 Å². The largest absolute Gasteiger partial charge is 0.395 e. The zero-order chi connectivity index (χ0) is 25.0. The maximum absolute atomic E-state index is 13.6. The minimum atomic E-state index is -4.59. The predicted octanol–water partition coefficient (Wildman–Crippen LogP) is 0.859. The number of rotatable bonds is 6. The van der Waals surface area contributed by atoms with Crippen molar-refractivity contribution >= 4 is 52.4 Å². The van der Waals surface area contributed by atoms with E-state index in [1.165, 1.54) is 23.5 Å². The number of anilines is 1. The average molecular weight is 536 g/mol. The molecular formula is C20H21N7O5S3. The number of para-hydroxylation sites is 1. The fourth-order valence-corrected chi connectivity index (χ4v) is 8.47. The van der Waals surface area contributed by atoms with Gasteiger partial charge in [-0.2, -0.15) is 5.11 Å². The first-order valence-corrected chi connectivity index (χ1v) is 14.4. The molecule has 35 heavy (non-hydrogen) atoms. The molecule has 0 amide bonds. The van der Waals surface area contributed by atoms with Gasteiger partial charge in [-0.1, -0.05) is 29.5 Å². The van der Waals surface area contributed by atoms with Crippen LogP contribution in [-0.4, -0.2) is 63.9 Å². The van der Waals surface area contributed by atoms with Gasteiger partial charge in [0.2, 0.25) is 10.0 Å². The van der Waals surface area contributed by atoms with Crippen LogP contribution in [0, 0.1) is 0 Å². The molecule has 12 nitrogen and oxygen atoms in total. The molecule has 5 rings (SSSR count). The molecule has 0 spiro atoms. The summed E-state index contributed by atoms with van der Waals surface area (Å²) < 4.78 is 54.0. The Balaban J connectivity index is 1.83. The highest BCUT2D eigenvalue weighted by molar-refractivity contribution is 7.94. The summed E-state index contributed by atoms with van der Waals surface area (Å²) in [5.74, 6) is -0.0425. The lowest BCUT2D eigenvalue weighted by Gasteiger charge is -2.19. The highest BCUT2D eigenvalue weighted by Crippen LogP contribution is 2.40. The van der Waals surface area contributed by atoms with Gasteiger partial charge in [0, 0.05) is 18.2 Å². The Morgan fingerprint density at radius 1 is 1.14 bits per heavy atom. The molecule has 6 N–H and O–H groups in total. The number of sulfonamides is 1. The van der Waals surface area contributed by atoms with E-state index in [2.05, 4.69) is 25.5 Å². The molecule has 3 heterocycles. The normalized spacial score (nSPS) is 20.6. The number of nitrogen functional groups attached to an aromatic ring is 1. The number of aliphatic hydroxyl groups is 1. The van der Waals surface area contributed by atoms with Gasteiger partial charge in [-0.25, -0.2) is 32.0 Å². The second kappa shape index (κ2) is 8.69. The molecule has 1 saturated heterocycles. The Labute approximate surface area is 204 Å². The summed E-state index contributed by atoms with van der Waals surface area (Å²) in [5.41, 5.74) is 7.22. The maximum Gasteiger partial charge on any atom is 0.240 e. The number of sulfone groups is 1. The Morgan fingerprint density at radius 3 is 2.60 bits per heavy atom. The van der Waals surface area contributed by atoms with E-state index >= 15 is 0 Å². The number of aliphatic imine (C=N–C) groups is 1. The number of thiazole rings is 1. The fourth-order valence-electron chi connectivity index (χ4n) is 4.39. The van der Waals surface area contributed by atoms with Crippen LogP contribution in [-0.2, 0) is 19.9 Å². The van der Waals surface area contributed by atoms with Crippen LogP contribution >= 0.6 is 11.3 Å². The summed E-state index contributed by atoms with van der Waals surface area (Å²) in [6, 6.07) is 7.64. The standard InChI is InChI=1S/C20H21N7O5S3/c21-20-26-17-13(2-1-3-14(17)33-20)12-4-5-15(34(29,30)11-6-10(8-28)23-7-11)18(35(22,31)32)16(12)19-24-9-25-27-19/h1-5,10-11,23,28H,6-9H2,(H2,21,26)(H2,22,31,32)/t10-,11-/m0/s1. The van der Waals surface area contributed by atoms with Crippen LogP contribution in [0.4, 0.5) is 5.13 Å². The number of nitrogens with one attached hydrogen (secondary N) is 1. The van der Waals surface area contributed by atoms with Crippen molar-refractivity contribution in [3.63, 3.8) is 0 Å². The number of amidine groups is 1. The second-order valence-electron chi connectivity index (χ2n) is 8.12. The van der Waals surface area contributed by atoms with E-state index in [0.717, 1.165) is 4.70 Å². The predicted molar refractivity (Wildman–Crippen MR) is 132 cm³/mol. The van der Waals surface area contributed by atoms with E-state index in [-0.39, 0.29) is 37.6 Å². The van der Waals surface area contributed by atoms with Gasteiger partial charge in [-0.3, -0.25) is 0 Å². The van der Waals surface area contributed by atoms with Crippen molar-refractivity contribution in [2.45, 2.75) is 27.5 Å². The lowest BCUT2D eigenvalue weighted by molar-refractivity contribution is 0.255. The van der Waals surface area contributed by atoms with E-state index < -0.39 is 40.9 Å². The molecule has 0 radical (unpaired) electrons. The van der Waals surface area contributed by atoms with Gasteiger partial charge in [0.1, 0.15) is 4.90 Å². The van der Waals surface area contributed by atoms with E-state index in [1.807, 2.05) is 6.07 Å². The molecule has 1 fully saturated rings. The van der Waals surface area contributed by atoms with Gasteiger partial charge < -0.3 is 16.2 Å². The lowest BCUT2D eigenvalue weighted by Crippen LogP contribution is -2.28. The van der Waals surface area contributed by atoms with Crippen LogP contribution in [0.1, 0.15) is 12.0 Å². The fraction of sp³-hybridized carbons (Fsp3) is 0.300. The van der Waals surface area contributed by atoms with Gasteiger partial charge in [0.15, 0.2) is 27.5 Å². The molecule has 184 valence electrons.